The van der Waals surface area contributed by atoms with Gasteiger partial charge in [0.25, 0.3) is 0 Å². The monoisotopic (exact) mass is 340 g/mol. The van der Waals surface area contributed by atoms with E-state index in [9.17, 15) is 9.18 Å². The van der Waals surface area contributed by atoms with Gasteiger partial charge in [-0.25, -0.2) is 9.37 Å². The Morgan fingerprint density at radius 2 is 1.96 bits per heavy atom. The van der Waals surface area contributed by atoms with Gasteiger partial charge in [-0.1, -0.05) is 60.7 Å². The van der Waals surface area contributed by atoms with Crippen molar-refractivity contribution >= 4 is 22.8 Å². The van der Waals surface area contributed by atoms with Gasteiger partial charge in [-0.05, 0) is 17.2 Å². The molecule has 1 unspecified atom stereocenters. The second-order valence-electron chi connectivity index (χ2n) is 5.46. The zero-order valence-corrected chi connectivity index (χ0v) is 14.2. The van der Waals surface area contributed by atoms with Crippen LogP contribution in [0.15, 0.2) is 48.5 Å². The Hall–Kier alpha value is -2.53. The predicted molar refractivity (Wildman–Crippen MR) is 96.4 cm³/mol. The van der Waals surface area contributed by atoms with Crippen molar-refractivity contribution in [3.8, 4) is 11.1 Å². The molecule has 5 heteroatoms. The van der Waals surface area contributed by atoms with Crippen molar-refractivity contribution in [2.24, 2.45) is 0 Å². The van der Waals surface area contributed by atoms with Gasteiger partial charge in [0.05, 0.1) is 10.6 Å². The van der Waals surface area contributed by atoms with E-state index < -0.39 is 0 Å². The Morgan fingerprint density at radius 1 is 1.21 bits per heavy atom. The summed E-state index contributed by atoms with van der Waals surface area (Å²) in [7, 11) is 1.76. The minimum atomic E-state index is -0.276. The number of nitrogens with zero attached hydrogens (tertiary/aromatic N) is 1. The lowest BCUT2D eigenvalue weighted by atomic mass is 9.94. The maximum absolute atomic E-state index is 14.6. The maximum Gasteiger partial charge on any atom is 0.183 e. The molecular weight excluding hydrogens is 323 g/mol. The molecule has 0 radical (unpaired) electrons. The van der Waals surface area contributed by atoms with Crippen LogP contribution in [0.4, 0.5) is 9.52 Å². The van der Waals surface area contributed by atoms with Crippen molar-refractivity contribution in [3.63, 3.8) is 0 Å². The van der Waals surface area contributed by atoms with Crippen molar-refractivity contribution in [3.05, 3.63) is 70.5 Å². The first-order valence-electron chi connectivity index (χ1n) is 7.62. The zero-order valence-electron chi connectivity index (χ0n) is 13.4. The number of thiazole rings is 1. The van der Waals surface area contributed by atoms with Crippen molar-refractivity contribution in [1.29, 1.82) is 0 Å². The number of hydrogen-bond donors (Lipinski definition) is 1. The minimum Gasteiger partial charge on any atom is -0.365 e. The summed E-state index contributed by atoms with van der Waals surface area (Å²) in [5.41, 5.74) is 2.87. The van der Waals surface area contributed by atoms with Crippen molar-refractivity contribution in [2.75, 3.05) is 12.4 Å². The smallest absolute Gasteiger partial charge is 0.183 e. The summed E-state index contributed by atoms with van der Waals surface area (Å²) in [4.78, 5) is 16.3. The molecule has 2 aromatic carbocycles. The van der Waals surface area contributed by atoms with Crippen molar-refractivity contribution < 1.29 is 9.18 Å². The van der Waals surface area contributed by atoms with Gasteiger partial charge in [-0.2, -0.15) is 0 Å². The summed E-state index contributed by atoms with van der Waals surface area (Å²) < 4.78 is 14.6. The molecule has 0 saturated carbocycles. The molecule has 3 nitrogen and oxygen atoms in total. The lowest BCUT2D eigenvalue weighted by molar-refractivity contribution is 0.112. The number of anilines is 1. The van der Waals surface area contributed by atoms with E-state index in [4.69, 9.17) is 0 Å². The van der Waals surface area contributed by atoms with Crippen molar-refractivity contribution in [2.45, 2.75) is 12.8 Å². The molecular formula is C19H17FN2OS. The largest absolute Gasteiger partial charge is 0.365 e. The van der Waals surface area contributed by atoms with Crippen LogP contribution in [0.25, 0.3) is 11.1 Å². The molecule has 0 aliphatic heterocycles. The van der Waals surface area contributed by atoms with E-state index in [1.165, 1.54) is 17.4 Å². The minimum absolute atomic E-state index is 0.164. The molecule has 1 N–H and O–H groups in total. The Morgan fingerprint density at radius 3 is 2.58 bits per heavy atom. The third-order valence-electron chi connectivity index (χ3n) is 3.99. The SMILES string of the molecule is CNc1nc(C(C)c2ccc(-c3ccccc3)c(F)c2)c(C=O)s1. The molecule has 0 aliphatic carbocycles. The molecule has 0 aliphatic rings. The van der Waals surface area contributed by atoms with Crippen LogP contribution in [0.2, 0.25) is 0 Å². The number of benzene rings is 2. The number of carbonyl (C=O) groups excluding carboxylic acids is 1. The van der Waals surface area contributed by atoms with Gasteiger partial charge in [0.1, 0.15) is 5.82 Å². The number of aromatic nitrogens is 1. The predicted octanol–water partition coefficient (Wildman–Crippen LogP) is 4.96. The van der Waals surface area contributed by atoms with Gasteiger partial charge in [0.2, 0.25) is 0 Å². The molecule has 1 heterocycles. The summed E-state index contributed by atoms with van der Waals surface area (Å²) in [6.45, 7) is 1.93. The zero-order chi connectivity index (χ0) is 17.1. The first-order chi connectivity index (χ1) is 11.6. The Bertz CT molecular complexity index is 861. The van der Waals surface area contributed by atoms with Crippen LogP contribution in [-0.4, -0.2) is 18.3 Å². The van der Waals surface area contributed by atoms with E-state index in [0.29, 0.717) is 21.3 Å². The number of carbonyl (C=O) groups is 1. The summed E-state index contributed by atoms with van der Waals surface area (Å²) in [6.07, 6.45) is 0.805. The van der Waals surface area contributed by atoms with Gasteiger partial charge in [0.15, 0.2) is 11.4 Å². The van der Waals surface area contributed by atoms with E-state index in [1.807, 2.05) is 43.3 Å². The number of rotatable bonds is 5. The van der Waals surface area contributed by atoms with Crippen LogP contribution in [0.1, 0.15) is 33.8 Å². The molecule has 0 amide bonds. The van der Waals surface area contributed by atoms with Gasteiger partial charge in [0, 0.05) is 18.5 Å². The molecule has 3 rings (SSSR count). The van der Waals surface area contributed by atoms with E-state index in [1.54, 1.807) is 13.1 Å². The van der Waals surface area contributed by atoms with Gasteiger partial charge < -0.3 is 5.32 Å². The molecule has 3 aromatic rings. The topological polar surface area (TPSA) is 42.0 Å². The highest BCUT2D eigenvalue weighted by Crippen LogP contribution is 2.33. The molecule has 0 bridgehead atoms. The average Bonchev–Trinajstić information content (AvgIpc) is 3.05. The Balaban J connectivity index is 1.97. The summed E-state index contributed by atoms with van der Waals surface area (Å²) in [6, 6.07) is 14.6. The van der Waals surface area contributed by atoms with Crippen LogP contribution >= 0.6 is 11.3 Å². The second-order valence-corrected chi connectivity index (χ2v) is 6.49. The first-order valence-corrected chi connectivity index (χ1v) is 8.44. The molecule has 0 spiro atoms. The fourth-order valence-electron chi connectivity index (χ4n) is 2.66. The van der Waals surface area contributed by atoms with Crippen LogP contribution in [0.3, 0.4) is 0 Å². The fourth-order valence-corrected chi connectivity index (χ4v) is 3.49. The first kappa shape index (κ1) is 16.3. The van der Waals surface area contributed by atoms with Crippen molar-refractivity contribution in [1.82, 2.24) is 4.98 Å². The standard InChI is InChI=1S/C19H17FN2OS/c1-12(18-17(11-23)24-19(21-2)22-18)14-8-9-15(16(20)10-14)13-6-4-3-5-7-13/h3-12H,1-2H3,(H,21,22). The third-order valence-corrected chi connectivity index (χ3v) is 5.00. The summed E-state index contributed by atoms with van der Waals surface area (Å²) >= 11 is 1.30. The quantitative estimate of drug-likeness (QED) is 0.668. The highest BCUT2D eigenvalue weighted by Gasteiger charge is 2.19. The maximum atomic E-state index is 14.6. The van der Waals surface area contributed by atoms with E-state index in [-0.39, 0.29) is 11.7 Å². The Kier molecular flexibility index (Phi) is 4.71. The molecule has 0 fully saturated rings. The van der Waals surface area contributed by atoms with E-state index in [0.717, 1.165) is 17.4 Å². The fraction of sp³-hybridized carbons (Fsp3) is 0.158. The van der Waals surface area contributed by atoms with Gasteiger partial charge in [-0.15, -0.1) is 0 Å². The summed E-state index contributed by atoms with van der Waals surface area (Å²) in [5.74, 6) is -0.440. The lowest BCUT2D eigenvalue weighted by Crippen LogP contribution is -2.01. The molecule has 122 valence electrons. The number of nitrogens with one attached hydrogen (secondary N) is 1. The van der Waals surface area contributed by atoms with E-state index in [2.05, 4.69) is 10.3 Å². The molecule has 1 atom stereocenters. The Labute approximate surface area is 144 Å². The lowest BCUT2D eigenvalue weighted by Gasteiger charge is -2.12. The van der Waals surface area contributed by atoms with Crippen LogP contribution in [0.5, 0.6) is 0 Å². The highest BCUT2D eigenvalue weighted by atomic mass is 32.1. The highest BCUT2D eigenvalue weighted by molar-refractivity contribution is 7.17. The third kappa shape index (κ3) is 3.08. The molecule has 24 heavy (non-hydrogen) atoms. The normalized spacial score (nSPS) is 12.0. The molecule has 1 aromatic heterocycles. The number of aldehydes is 1. The molecule has 0 saturated heterocycles. The average molecular weight is 340 g/mol. The second kappa shape index (κ2) is 6.93. The van der Waals surface area contributed by atoms with Crippen LogP contribution in [0, 0.1) is 5.82 Å². The van der Waals surface area contributed by atoms with Crippen LogP contribution < -0.4 is 5.32 Å². The summed E-state index contributed by atoms with van der Waals surface area (Å²) in [5, 5.41) is 3.63. The van der Waals surface area contributed by atoms with Gasteiger partial charge >= 0.3 is 0 Å². The number of halogens is 1. The number of hydrogen-bond acceptors (Lipinski definition) is 4. The van der Waals surface area contributed by atoms with Crippen LogP contribution in [-0.2, 0) is 0 Å². The van der Waals surface area contributed by atoms with Gasteiger partial charge in [-0.3, -0.25) is 4.79 Å². The van der Waals surface area contributed by atoms with E-state index >= 15 is 0 Å².